The quantitative estimate of drug-likeness (QED) is 0.567. The van der Waals surface area contributed by atoms with Gasteiger partial charge in [-0.1, -0.05) is 0 Å². The van der Waals surface area contributed by atoms with E-state index in [-0.39, 0.29) is 12.4 Å². The Labute approximate surface area is 123 Å². The number of carbonyl (C=O) groups is 2. The molecule has 0 spiro atoms. The molecule has 0 saturated heterocycles. The van der Waals surface area contributed by atoms with Crippen LogP contribution in [0.25, 0.3) is 0 Å². The van der Waals surface area contributed by atoms with Crippen molar-refractivity contribution in [2.24, 2.45) is 0 Å². The first-order valence-electron chi connectivity index (χ1n) is 6.60. The zero-order chi connectivity index (χ0) is 15.8. The van der Waals surface area contributed by atoms with Crippen LogP contribution in [0.4, 0.5) is 0 Å². The van der Waals surface area contributed by atoms with Crippen LogP contribution in [0.2, 0.25) is 0 Å². The van der Waals surface area contributed by atoms with Gasteiger partial charge in [-0.25, -0.2) is 0 Å². The normalized spacial score (nSPS) is 9.90. The van der Waals surface area contributed by atoms with Gasteiger partial charge in [0.15, 0.2) is 11.5 Å². The average Bonchev–Trinajstić information content (AvgIpc) is 2.44. The lowest BCUT2D eigenvalue weighted by Gasteiger charge is -2.14. The fourth-order valence-electron chi connectivity index (χ4n) is 1.83. The molecule has 0 bridgehead atoms. The largest absolute Gasteiger partial charge is 0.496 e. The van der Waals surface area contributed by atoms with Gasteiger partial charge >= 0.3 is 11.9 Å². The Bertz CT molecular complexity index is 509. The molecule has 116 valence electrons. The van der Waals surface area contributed by atoms with Gasteiger partial charge in [0.05, 0.1) is 20.8 Å². The molecule has 1 aromatic carbocycles. The number of esters is 2. The van der Waals surface area contributed by atoms with Gasteiger partial charge in [-0.15, -0.1) is 0 Å². The molecule has 0 heterocycles. The standard InChI is InChI=1S/C15H20O6/c1-5-20-15(17)7-6-11-8-14(21-10(2)16)13(19-4)9-12(11)18-3/h8-9H,5-7H2,1-4H3. The fraction of sp³-hybridized carbons (Fsp3) is 0.467. The number of rotatable bonds is 7. The van der Waals surface area contributed by atoms with Crippen LogP contribution in [0, 0.1) is 0 Å². The third-order valence-electron chi connectivity index (χ3n) is 2.72. The second-order valence-electron chi connectivity index (χ2n) is 4.21. The van der Waals surface area contributed by atoms with Gasteiger partial charge < -0.3 is 18.9 Å². The second kappa shape index (κ2) is 8.14. The van der Waals surface area contributed by atoms with Gasteiger partial charge in [0.1, 0.15) is 5.75 Å². The third-order valence-corrected chi connectivity index (χ3v) is 2.72. The summed E-state index contributed by atoms with van der Waals surface area (Å²) >= 11 is 0. The topological polar surface area (TPSA) is 71.1 Å². The molecule has 0 aliphatic carbocycles. The van der Waals surface area contributed by atoms with E-state index in [1.165, 1.54) is 21.1 Å². The summed E-state index contributed by atoms with van der Waals surface area (Å²) in [6, 6.07) is 3.26. The van der Waals surface area contributed by atoms with E-state index in [1.807, 2.05) is 0 Å². The second-order valence-corrected chi connectivity index (χ2v) is 4.21. The molecule has 0 aliphatic heterocycles. The number of ether oxygens (including phenoxy) is 4. The van der Waals surface area contributed by atoms with Crippen molar-refractivity contribution in [3.8, 4) is 17.2 Å². The summed E-state index contributed by atoms with van der Waals surface area (Å²) in [6.45, 7) is 3.41. The summed E-state index contributed by atoms with van der Waals surface area (Å²) in [7, 11) is 2.99. The summed E-state index contributed by atoms with van der Waals surface area (Å²) in [5.41, 5.74) is 0.739. The maximum absolute atomic E-state index is 11.4. The van der Waals surface area contributed by atoms with Crippen molar-refractivity contribution in [3.63, 3.8) is 0 Å². The molecule has 21 heavy (non-hydrogen) atoms. The van der Waals surface area contributed by atoms with E-state index >= 15 is 0 Å². The van der Waals surface area contributed by atoms with Crippen LogP contribution in [-0.2, 0) is 20.7 Å². The van der Waals surface area contributed by atoms with Crippen molar-refractivity contribution in [1.29, 1.82) is 0 Å². The minimum atomic E-state index is -0.449. The highest BCUT2D eigenvalue weighted by Crippen LogP contribution is 2.35. The van der Waals surface area contributed by atoms with E-state index in [0.717, 1.165) is 5.56 Å². The van der Waals surface area contributed by atoms with Crippen LogP contribution in [-0.4, -0.2) is 32.8 Å². The Morgan fingerprint density at radius 2 is 1.71 bits per heavy atom. The van der Waals surface area contributed by atoms with Crippen LogP contribution < -0.4 is 14.2 Å². The lowest BCUT2D eigenvalue weighted by atomic mass is 10.1. The molecule has 6 nitrogen and oxygen atoms in total. The molecule has 0 aliphatic rings. The molecular formula is C15H20O6. The molecule has 0 fully saturated rings. The van der Waals surface area contributed by atoms with Crippen LogP contribution in [0.3, 0.4) is 0 Å². The molecule has 0 N–H and O–H groups in total. The highest BCUT2D eigenvalue weighted by Gasteiger charge is 2.15. The Balaban J connectivity index is 2.99. The lowest BCUT2D eigenvalue weighted by molar-refractivity contribution is -0.143. The number of methoxy groups -OCH3 is 2. The summed E-state index contributed by atoms with van der Waals surface area (Å²) < 4.78 is 20.4. The van der Waals surface area contributed by atoms with Crippen LogP contribution in [0.15, 0.2) is 12.1 Å². The van der Waals surface area contributed by atoms with Gasteiger partial charge in [-0.05, 0) is 25.0 Å². The molecule has 1 rings (SSSR count). The van der Waals surface area contributed by atoms with Crippen molar-refractivity contribution in [2.45, 2.75) is 26.7 Å². The lowest BCUT2D eigenvalue weighted by Crippen LogP contribution is -2.07. The Hall–Kier alpha value is -2.24. The number of hydrogen-bond donors (Lipinski definition) is 0. The smallest absolute Gasteiger partial charge is 0.308 e. The molecule has 0 atom stereocenters. The van der Waals surface area contributed by atoms with Crippen molar-refractivity contribution < 1.29 is 28.5 Å². The summed E-state index contributed by atoms with van der Waals surface area (Å²) in [4.78, 5) is 22.5. The van der Waals surface area contributed by atoms with Crippen LogP contribution in [0.1, 0.15) is 25.8 Å². The highest BCUT2D eigenvalue weighted by atomic mass is 16.6. The van der Waals surface area contributed by atoms with Gasteiger partial charge in [-0.2, -0.15) is 0 Å². The number of carbonyl (C=O) groups excluding carboxylic acids is 2. The predicted octanol–water partition coefficient (Wildman–Crippen LogP) is 2.12. The van der Waals surface area contributed by atoms with Gasteiger partial charge in [-0.3, -0.25) is 9.59 Å². The predicted molar refractivity (Wildman–Crippen MR) is 75.8 cm³/mol. The van der Waals surface area contributed by atoms with E-state index in [1.54, 1.807) is 19.1 Å². The van der Waals surface area contributed by atoms with E-state index in [2.05, 4.69) is 0 Å². The van der Waals surface area contributed by atoms with E-state index in [9.17, 15) is 9.59 Å². The van der Waals surface area contributed by atoms with Crippen molar-refractivity contribution in [3.05, 3.63) is 17.7 Å². The number of hydrogen-bond acceptors (Lipinski definition) is 6. The molecule has 0 amide bonds. The van der Waals surface area contributed by atoms with Crippen LogP contribution in [0.5, 0.6) is 17.2 Å². The van der Waals surface area contributed by atoms with E-state index in [4.69, 9.17) is 18.9 Å². The zero-order valence-electron chi connectivity index (χ0n) is 12.7. The number of benzene rings is 1. The molecule has 6 heteroatoms. The van der Waals surface area contributed by atoms with Crippen LogP contribution >= 0.6 is 0 Å². The van der Waals surface area contributed by atoms with E-state index in [0.29, 0.717) is 30.3 Å². The number of aryl methyl sites for hydroxylation is 1. The Morgan fingerprint density at radius 3 is 2.24 bits per heavy atom. The minimum absolute atomic E-state index is 0.218. The maximum atomic E-state index is 11.4. The van der Waals surface area contributed by atoms with Crippen molar-refractivity contribution in [1.82, 2.24) is 0 Å². The molecule has 1 aromatic rings. The Morgan fingerprint density at radius 1 is 1.05 bits per heavy atom. The fourth-order valence-corrected chi connectivity index (χ4v) is 1.83. The van der Waals surface area contributed by atoms with Gasteiger partial charge in [0, 0.05) is 19.4 Å². The molecule has 0 saturated carbocycles. The molecule has 0 unspecified atom stereocenters. The molecular weight excluding hydrogens is 276 g/mol. The minimum Gasteiger partial charge on any atom is -0.496 e. The molecule has 0 aromatic heterocycles. The van der Waals surface area contributed by atoms with Gasteiger partial charge in [0.2, 0.25) is 0 Å². The monoisotopic (exact) mass is 296 g/mol. The van der Waals surface area contributed by atoms with Gasteiger partial charge in [0.25, 0.3) is 0 Å². The summed E-state index contributed by atoms with van der Waals surface area (Å²) in [5, 5.41) is 0. The first-order chi connectivity index (χ1) is 10.0. The summed E-state index contributed by atoms with van der Waals surface area (Å²) in [5.74, 6) is 0.512. The van der Waals surface area contributed by atoms with Crippen molar-refractivity contribution >= 4 is 11.9 Å². The highest BCUT2D eigenvalue weighted by molar-refractivity contribution is 5.72. The van der Waals surface area contributed by atoms with Crippen molar-refractivity contribution in [2.75, 3.05) is 20.8 Å². The first kappa shape index (κ1) is 16.8. The maximum Gasteiger partial charge on any atom is 0.308 e. The third kappa shape index (κ3) is 4.98. The first-order valence-corrected chi connectivity index (χ1v) is 6.60. The van der Waals surface area contributed by atoms with E-state index < -0.39 is 5.97 Å². The SMILES string of the molecule is CCOC(=O)CCc1cc(OC(C)=O)c(OC)cc1OC. The molecule has 0 radical (unpaired) electrons. The average molecular weight is 296 g/mol. The Kier molecular flexibility index (Phi) is 6.52. The summed E-state index contributed by atoms with van der Waals surface area (Å²) in [6.07, 6.45) is 0.635. The zero-order valence-corrected chi connectivity index (χ0v) is 12.7.